The lowest BCUT2D eigenvalue weighted by Crippen LogP contribution is -2.59. The Morgan fingerprint density at radius 1 is 1.12 bits per heavy atom. The summed E-state index contributed by atoms with van der Waals surface area (Å²) in [7, 11) is 3.18. The summed E-state index contributed by atoms with van der Waals surface area (Å²) in [6, 6.07) is 19.5. The number of hydrogen-bond acceptors (Lipinski definition) is 6. The van der Waals surface area contributed by atoms with Crippen LogP contribution < -0.4 is 20.1 Å². The molecule has 1 heterocycles. The Morgan fingerprint density at radius 3 is 2.59 bits per heavy atom. The lowest BCUT2D eigenvalue weighted by molar-refractivity contribution is -0.134. The minimum atomic E-state index is -0.896. The first-order valence-corrected chi connectivity index (χ1v) is 11.4. The maximum absolute atomic E-state index is 13.9. The van der Waals surface area contributed by atoms with Gasteiger partial charge in [-0.1, -0.05) is 36.4 Å². The van der Waals surface area contributed by atoms with E-state index in [1.165, 1.54) is 0 Å². The van der Waals surface area contributed by atoms with Crippen LogP contribution in [0.25, 0.3) is 10.8 Å². The highest BCUT2D eigenvalue weighted by Gasteiger charge is 2.41. The summed E-state index contributed by atoms with van der Waals surface area (Å²) in [5.74, 6) is 1.09. The van der Waals surface area contributed by atoms with Gasteiger partial charge in [0.05, 0.1) is 19.8 Å². The summed E-state index contributed by atoms with van der Waals surface area (Å²) in [6.45, 7) is 5.33. The average Bonchev–Trinajstić information content (AvgIpc) is 2.90. The minimum Gasteiger partial charge on any atom is -0.497 e. The number of fused-ring (bicyclic) bond motifs is 1. The van der Waals surface area contributed by atoms with Crippen LogP contribution in [0.1, 0.15) is 23.6 Å². The number of ether oxygens (including phenoxy) is 2. The number of benzene rings is 3. The third-order valence-corrected chi connectivity index (χ3v) is 6.68. The molecule has 0 bridgehead atoms. The number of nitrogens with one attached hydrogen (secondary N) is 2. The molecule has 7 heteroatoms. The number of nitrogens with zero attached hydrogens (tertiary/aromatic N) is 2. The number of hydrogen-bond donors (Lipinski definition) is 2. The van der Waals surface area contributed by atoms with Crippen LogP contribution in [-0.4, -0.2) is 51.2 Å². The molecule has 34 heavy (non-hydrogen) atoms. The number of rotatable bonds is 7. The normalized spacial score (nSPS) is 15.8. The van der Waals surface area contributed by atoms with Gasteiger partial charge in [-0.05, 0) is 41.5 Å². The van der Waals surface area contributed by atoms with Crippen molar-refractivity contribution in [3.05, 3.63) is 71.3 Å². The van der Waals surface area contributed by atoms with E-state index in [2.05, 4.69) is 21.6 Å². The fourth-order valence-corrected chi connectivity index (χ4v) is 4.73. The summed E-state index contributed by atoms with van der Waals surface area (Å²) in [4.78, 5) is 16.1. The van der Waals surface area contributed by atoms with Crippen molar-refractivity contribution in [3.63, 3.8) is 0 Å². The Hall–Kier alpha value is -3.60. The predicted molar refractivity (Wildman–Crippen MR) is 132 cm³/mol. The highest BCUT2D eigenvalue weighted by atomic mass is 16.5. The minimum absolute atomic E-state index is 0.115. The van der Waals surface area contributed by atoms with E-state index in [0.29, 0.717) is 17.1 Å². The predicted octanol–water partition coefficient (Wildman–Crippen LogP) is 3.17. The monoisotopic (exact) mass is 458 g/mol. The Bertz CT molecular complexity index is 1230. The fraction of sp³-hybridized carbons (Fsp3) is 0.333. The molecule has 1 unspecified atom stereocenters. The van der Waals surface area contributed by atoms with Gasteiger partial charge >= 0.3 is 0 Å². The van der Waals surface area contributed by atoms with Gasteiger partial charge in [0.15, 0.2) is 0 Å². The Kier molecular flexibility index (Phi) is 7.01. The second kappa shape index (κ2) is 10.1. The third-order valence-electron chi connectivity index (χ3n) is 6.68. The fourth-order valence-electron chi connectivity index (χ4n) is 4.73. The summed E-state index contributed by atoms with van der Waals surface area (Å²) in [5.41, 5.74) is 1.21. The summed E-state index contributed by atoms with van der Waals surface area (Å²) in [6.07, 6.45) is 0. The molecule has 1 atom stereocenters. The third kappa shape index (κ3) is 4.30. The molecule has 3 aromatic rings. The van der Waals surface area contributed by atoms with Gasteiger partial charge in [-0.3, -0.25) is 9.69 Å². The van der Waals surface area contributed by atoms with Gasteiger partial charge < -0.3 is 20.1 Å². The highest BCUT2D eigenvalue weighted by Crippen LogP contribution is 2.34. The zero-order chi connectivity index (χ0) is 24.1. The van der Waals surface area contributed by atoms with Crippen molar-refractivity contribution in [2.45, 2.75) is 19.0 Å². The van der Waals surface area contributed by atoms with Crippen molar-refractivity contribution in [1.29, 1.82) is 5.26 Å². The van der Waals surface area contributed by atoms with Crippen LogP contribution in [0.5, 0.6) is 11.5 Å². The van der Waals surface area contributed by atoms with Crippen LogP contribution >= 0.6 is 0 Å². The van der Waals surface area contributed by atoms with Crippen LogP contribution in [0.3, 0.4) is 0 Å². The van der Waals surface area contributed by atoms with E-state index in [0.717, 1.165) is 48.1 Å². The molecular formula is C27H30N4O3. The molecule has 1 aliphatic rings. The molecule has 0 aromatic heterocycles. The van der Waals surface area contributed by atoms with Crippen molar-refractivity contribution in [2.24, 2.45) is 0 Å². The molecule has 0 saturated carbocycles. The molecule has 1 amide bonds. The summed E-state index contributed by atoms with van der Waals surface area (Å²) < 4.78 is 11.1. The molecule has 0 spiro atoms. The largest absolute Gasteiger partial charge is 0.497 e. The Morgan fingerprint density at radius 2 is 1.88 bits per heavy atom. The first kappa shape index (κ1) is 23.6. The van der Waals surface area contributed by atoms with Gasteiger partial charge in [-0.2, -0.15) is 5.26 Å². The van der Waals surface area contributed by atoms with Crippen molar-refractivity contribution in [3.8, 4) is 17.6 Å². The highest BCUT2D eigenvalue weighted by molar-refractivity contribution is 5.91. The van der Waals surface area contributed by atoms with Gasteiger partial charge in [0, 0.05) is 38.3 Å². The maximum Gasteiger partial charge on any atom is 0.245 e. The summed E-state index contributed by atoms with van der Waals surface area (Å²) in [5, 5.41) is 18.1. The average molecular weight is 459 g/mol. The lowest BCUT2D eigenvalue weighted by Gasteiger charge is -2.42. The molecule has 1 saturated heterocycles. The van der Waals surface area contributed by atoms with E-state index in [4.69, 9.17) is 9.47 Å². The smallest absolute Gasteiger partial charge is 0.245 e. The van der Waals surface area contributed by atoms with Crippen LogP contribution in [0.4, 0.5) is 0 Å². The second-order valence-electron chi connectivity index (χ2n) is 8.49. The molecule has 0 aliphatic carbocycles. The zero-order valence-corrected chi connectivity index (χ0v) is 19.9. The standard InChI is InChI=1S/C27H30N4O3/c1-27(31-13-11-29-12-14-31,21-8-6-9-22(16-21)33-2)26(32)30-18-24-23-10-5-4-7-19(23)15-20(17-28)25(24)34-3/h4-10,15-16,29H,11-14,18H2,1-3H3,(H,30,32). The van der Waals surface area contributed by atoms with Gasteiger partial charge in [0.25, 0.3) is 0 Å². The molecule has 3 aromatic carbocycles. The number of carbonyl (C=O) groups excluding carboxylic acids is 1. The first-order chi connectivity index (χ1) is 16.5. The molecule has 1 aliphatic heterocycles. The van der Waals surface area contributed by atoms with Gasteiger partial charge in [-0.15, -0.1) is 0 Å². The molecule has 2 N–H and O–H groups in total. The van der Waals surface area contributed by atoms with E-state index >= 15 is 0 Å². The Balaban J connectivity index is 1.72. The maximum atomic E-state index is 13.9. The molecule has 1 fully saturated rings. The molecule has 176 valence electrons. The topological polar surface area (TPSA) is 86.6 Å². The van der Waals surface area contributed by atoms with Gasteiger partial charge in [0.1, 0.15) is 23.1 Å². The lowest BCUT2D eigenvalue weighted by atomic mass is 9.87. The summed E-state index contributed by atoms with van der Waals surface area (Å²) >= 11 is 0. The van der Waals surface area contributed by atoms with Crippen molar-refractivity contribution in [1.82, 2.24) is 15.5 Å². The Labute approximate surface area is 200 Å². The first-order valence-electron chi connectivity index (χ1n) is 11.4. The number of methoxy groups -OCH3 is 2. The zero-order valence-electron chi connectivity index (χ0n) is 19.9. The van der Waals surface area contributed by atoms with E-state index in [-0.39, 0.29) is 12.5 Å². The van der Waals surface area contributed by atoms with Gasteiger partial charge in [0.2, 0.25) is 5.91 Å². The van der Waals surface area contributed by atoms with E-state index in [1.54, 1.807) is 14.2 Å². The van der Waals surface area contributed by atoms with Gasteiger partial charge in [-0.25, -0.2) is 0 Å². The number of amides is 1. The number of piperazine rings is 1. The van der Waals surface area contributed by atoms with E-state index < -0.39 is 5.54 Å². The number of carbonyl (C=O) groups is 1. The van der Waals surface area contributed by atoms with Crippen molar-refractivity contribution in [2.75, 3.05) is 40.4 Å². The van der Waals surface area contributed by atoms with Crippen LogP contribution in [0.2, 0.25) is 0 Å². The quantitative estimate of drug-likeness (QED) is 0.566. The van der Waals surface area contributed by atoms with E-state index in [9.17, 15) is 10.1 Å². The SMILES string of the molecule is COc1cccc(C(C)(C(=O)NCc2c(OC)c(C#N)cc3ccccc23)N2CCNCC2)c1. The molecule has 7 nitrogen and oxygen atoms in total. The van der Waals surface area contributed by atoms with Crippen LogP contribution in [0, 0.1) is 11.3 Å². The van der Waals surface area contributed by atoms with Crippen LogP contribution in [-0.2, 0) is 16.9 Å². The molecule has 4 rings (SSSR count). The van der Waals surface area contributed by atoms with Crippen molar-refractivity contribution < 1.29 is 14.3 Å². The van der Waals surface area contributed by atoms with Crippen LogP contribution in [0.15, 0.2) is 54.6 Å². The van der Waals surface area contributed by atoms with Crippen molar-refractivity contribution >= 4 is 16.7 Å². The molecular weight excluding hydrogens is 428 g/mol. The second-order valence-corrected chi connectivity index (χ2v) is 8.49. The number of nitriles is 1. The molecule has 0 radical (unpaired) electrons. The van der Waals surface area contributed by atoms with E-state index in [1.807, 2.05) is 61.5 Å².